The second-order valence-corrected chi connectivity index (χ2v) is 7.52. The van der Waals surface area contributed by atoms with Crippen LogP contribution in [0, 0.1) is 0 Å². The van der Waals surface area contributed by atoms with Gasteiger partial charge in [0, 0.05) is 12.8 Å². The molecule has 0 saturated carbocycles. The summed E-state index contributed by atoms with van der Waals surface area (Å²) in [5.74, 6) is -5.56. The molecule has 0 bridgehead atoms. The van der Waals surface area contributed by atoms with E-state index >= 15 is 0 Å². The molecule has 0 rings (SSSR count). The second kappa shape index (κ2) is 15.5. The standard InChI is InChI=1S/C19H34N6O8/c1-10(23-17(30)11(21)5-7-14(22)26)16(29)24-12(6-8-15(27)28)18(31)25-13(19(32)33)4-2-3-9-20/h10-13H,2-9,20-21H2,1H3,(H2,22,26)(H,23,30)(H,24,29)(H,25,31)(H,27,28)(H,32,33). The van der Waals surface area contributed by atoms with Gasteiger partial charge in [0.15, 0.2) is 0 Å². The second-order valence-electron chi connectivity index (χ2n) is 7.52. The summed E-state index contributed by atoms with van der Waals surface area (Å²) in [5, 5.41) is 25.2. The highest BCUT2D eigenvalue weighted by atomic mass is 16.4. The van der Waals surface area contributed by atoms with Crippen molar-refractivity contribution in [2.75, 3.05) is 6.54 Å². The van der Waals surface area contributed by atoms with Crippen LogP contribution in [-0.2, 0) is 28.8 Å². The first kappa shape index (κ1) is 29.7. The van der Waals surface area contributed by atoms with E-state index in [4.69, 9.17) is 22.3 Å². The first-order chi connectivity index (χ1) is 15.4. The number of carboxylic acids is 2. The van der Waals surface area contributed by atoms with Crippen LogP contribution < -0.4 is 33.2 Å². The minimum absolute atomic E-state index is 0.0279. The number of aliphatic carboxylic acids is 2. The van der Waals surface area contributed by atoms with E-state index in [9.17, 15) is 33.9 Å². The highest BCUT2D eigenvalue weighted by Gasteiger charge is 2.29. The molecule has 0 heterocycles. The van der Waals surface area contributed by atoms with Crippen LogP contribution in [0.1, 0.15) is 51.9 Å². The van der Waals surface area contributed by atoms with Gasteiger partial charge in [-0.15, -0.1) is 0 Å². The molecule has 0 radical (unpaired) electrons. The molecule has 188 valence electrons. The van der Waals surface area contributed by atoms with Gasteiger partial charge >= 0.3 is 11.9 Å². The summed E-state index contributed by atoms with van der Waals surface area (Å²) < 4.78 is 0. The van der Waals surface area contributed by atoms with Crippen molar-refractivity contribution in [3.8, 4) is 0 Å². The van der Waals surface area contributed by atoms with Crippen molar-refractivity contribution >= 4 is 35.6 Å². The van der Waals surface area contributed by atoms with Gasteiger partial charge in [-0.05, 0) is 45.6 Å². The zero-order chi connectivity index (χ0) is 25.6. The molecule has 14 heteroatoms. The average Bonchev–Trinajstić information content (AvgIpc) is 2.73. The van der Waals surface area contributed by atoms with Gasteiger partial charge in [0.25, 0.3) is 0 Å². The number of carboxylic acid groups (broad SMARTS) is 2. The molecule has 0 fully saturated rings. The number of rotatable bonds is 17. The van der Waals surface area contributed by atoms with E-state index in [0.29, 0.717) is 19.4 Å². The van der Waals surface area contributed by atoms with E-state index in [2.05, 4.69) is 16.0 Å². The molecular weight excluding hydrogens is 440 g/mol. The molecule has 0 saturated heterocycles. The third-order valence-corrected chi connectivity index (χ3v) is 4.63. The molecule has 0 aliphatic heterocycles. The molecule has 0 aliphatic carbocycles. The molecule has 0 aliphatic rings. The maximum Gasteiger partial charge on any atom is 0.326 e. The highest BCUT2D eigenvalue weighted by Crippen LogP contribution is 2.05. The molecule has 4 atom stereocenters. The van der Waals surface area contributed by atoms with Gasteiger partial charge in [-0.2, -0.15) is 0 Å². The zero-order valence-electron chi connectivity index (χ0n) is 18.5. The van der Waals surface area contributed by atoms with Gasteiger partial charge < -0.3 is 43.4 Å². The van der Waals surface area contributed by atoms with Crippen molar-refractivity contribution in [3.63, 3.8) is 0 Å². The first-order valence-electron chi connectivity index (χ1n) is 10.5. The van der Waals surface area contributed by atoms with E-state index in [0.717, 1.165) is 0 Å². The fraction of sp³-hybridized carbons (Fsp3) is 0.684. The maximum atomic E-state index is 12.6. The zero-order valence-corrected chi connectivity index (χ0v) is 18.5. The minimum atomic E-state index is -1.35. The molecule has 4 amide bonds. The Morgan fingerprint density at radius 3 is 1.91 bits per heavy atom. The van der Waals surface area contributed by atoms with Crippen molar-refractivity contribution in [2.24, 2.45) is 17.2 Å². The molecule has 0 aromatic rings. The Kier molecular flexibility index (Phi) is 14.0. The minimum Gasteiger partial charge on any atom is -0.481 e. The van der Waals surface area contributed by atoms with Crippen LogP contribution in [-0.4, -0.2) is 76.5 Å². The van der Waals surface area contributed by atoms with Crippen molar-refractivity contribution in [1.82, 2.24) is 16.0 Å². The van der Waals surface area contributed by atoms with E-state index in [1.54, 1.807) is 0 Å². The van der Waals surface area contributed by atoms with Crippen LogP contribution in [0.3, 0.4) is 0 Å². The fourth-order valence-electron chi connectivity index (χ4n) is 2.67. The smallest absolute Gasteiger partial charge is 0.326 e. The van der Waals surface area contributed by atoms with E-state index in [-0.39, 0.29) is 25.7 Å². The van der Waals surface area contributed by atoms with E-state index < -0.39 is 66.2 Å². The number of hydrogen-bond acceptors (Lipinski definition) is 8. The summed E-state index contributed by atoms with van der Waals surface area (Å²) in [5.41, 5.74) is 16.0. The Balaban J connectivity index is 5.11. The Morgan fingerprint density at radius 1 is 0.788 bits per heavy atom. The summed E-state index contributed by atoms with van der Waals surface area (Å²) >= 11 is 0. The molecule has 4 unspecified atom stereocenters. The lowest BCUT2D eigenvalue weighted by atomic mass is 10.1. The summed E-state index contributed by atoms with van der Waals surface area (Å²) in [7, 11) is 0. The SMILES string of the molecule is CC(NC(=O)C(N)CCC(N)=O)C(=O)NC(CCC(=O)O)C(=O)NC(CCCCN)C(=O)O. The van der Waals surface area contributed by atoms with E-state index in [1.807, 2.05) is 0 Å². The number of primary amides is 1. The summed E-state index contributed by atoms with van der Waals surface area (Å²) in [4.78, 5) is 70.2. The number of nitrogens with two attached hydrogens (primary N) is 3. The van der Waals surface area contributed by atoms with Gasteiger partial charge in [-0.1, -0.05) is 0 Å². The van der Waals surface area contributed by atoms with Gasteiger partial charge in [0.2, 0.25) is 23.6 Å². The van der Waals surface area contributed by atoms with Crippen LogP contribution in [0.4, 0.5) is 0 Å². The first-order valence-corrected chi connectivity index (χ1v) is 10.5. The number of carbonyl (C=O) groups excluding carboxylic acids is 4. The number of hydrogen-bond donors (Lipinski definition) is 8. The maximum absolute atomic E-state index is 12.6. The molecule has 0 aromatic carbocycles. The molecule has 0 spiro atoms. The largest absolute Gasteiger partial charge is 0.481 e. The van der Waals surface area contributed by atoms with Crippen LogP contribution in [0.5, 0.6) is 0 Å². The third kappa shape index (κ3) is 13.0. The molecule has 11 N–H and O–H groups in total. The van der Waals surface area contributed by atoms with Crippen molar-refractivity contribution in [2.45, 2.75) is 76.0 Å². The Labute approximate surface area is 191 Å². The van der Waals surface area contributed by atoms with Crippen LogP contribution in [0.15, 0.2) is 0 Å². The summed E-state index contributed by atoms with van der Waals surface area (Å²) in [6, 6.07) is -4.85. The topological polar surface area (TPSA) is 257 Å². The molecule has 0 aromatic heterocycles. The predicted molar refractivity (Wildman–Crippen MR) is 115 cm³/mol. The van der Waals surface area contributed by atoms with Gasteiger partial charge in [-0.3, -0.25) is 24.0 Å². The van der Waals surface area contributed by atoms with Gasteiger partial charge in [0.1, 0.15) is 18.1 Å². The summed E-state index contributed by atoms with van der Waals surface area (Å²) in [6.07, 6.45) is 0.176. The van der Waals surface area contributed by atoms with Crippen LogP contribution in [0.2, 0.25) is 0 Å². The normalized spacial score (nSPS) is 14.3. The predicted octanol–water partition coefficient (Wildman–Crippen LogP) is -2.87. The number of nitrogens with one attached hydrogen (secondary N) is 3. The third-order valence-electron chi connectivity index (χ3n) is 4.63. The number of unbranched alkanes of at least 4 members (excludes halogenated alkanes) is 1. The summed E-state index contributed by atoms with van der Waals surface area (Å²) in [6.45, 7) is 1.67. The molecule has 33 heavy (non-hydrogen) atoms. The van der Waals surface area contributed by atoms with Gasteiger partial charge in [0.05, 0.1) is 6.04 Å². The lowest BCUT2D eigenvalue weighted by Gasteiger charge is -2.23. The van der Waals surface area contributed by atoms with Crippen LogP contribution >= 0.6 is 0 Å². The molecule has 14 nitrogen and oxygen atoms in total. The van der Waals surface area contributed by atoms with Crippen LogP contribution in [0.25, 0.3) is 0 Å². The Hall–Kier alpha value is -3.26. The van der Waals surface area contributed by atoms with E-state index in [1.165, 1.54) is 6.92 Å². The number of carbonyl (C=O) groups is 6. The lowest BCUT2D eigenvalue weighted by molar-refractivity contribution is -0.143. The number of amides is 4. The monoisotopic (exact) mass is 474 g/mol. The lowest BCUT2D eigenvalue weighted by Crippen LogP contribution is -2.56. The van der Waals surface area contributed by atoms with Crippen molar-refractivity contribution in [1.29, 1.82) is 0 Å². The fourth-order valence-corrected chi connectivity index (χ4v) is 2.67. The molecular formula is C19H34N6O8. The Morgan fingerprint density at radius 2 is 1.39 bits per heavy atom. The van der Waals surface area contributed by atoms with Gasteiger partial charge in [-0.25, -0.2) is 4.79 Å². The Bertz CT molecular complexity index is 716. The van der Waals surface area contributed by atoms with Crippen molar-refractivity contribution in [3.05, 3.63) is 0 Å². The quantitative estimate of drug-likeness (QED) is 0.0999. The van der Waals surface area contributed by atoms with Crippen molar-refractivity contribution < 1.29 is 39.0 Å². The highest BCUT2D eigenvalue weighted by molar-refractivity contribution is 5.94. The average molecular weight is 475 g/mol.